The Hall–Kier alpha value is -2.37. The molecule has 6 heteroatoms. The summed E-state index contributed by atoms with van der Waals surface area (Å²) in [6.07, 6.45) is 0. The smallest absolute Gasteiger partial charge is 0.308 e. The minimum absolute atomic E-state index is 0.0956. The molecule has 2 N–H and O–H groups in total. The summed E-state index contributed by atoms with van der Waals surface area (Å²) in [7, 11) is 0. The van der Waals surface area contributed by atoms with Gasteiger partial charge in [-0.05, 0) is 30.9 Å². The highest BCUT2D eigenvalue weighted by Gasteiger charge is 2.39. The summed E-state index contributed by atoms with van der Waals surface area (Å²) in [5.41, 5.74) is 1.48. The first-order valence-electron chi connectivity index (χ1n) is 8.59. The van der Waals surface area contributed by atoms with E-state index in [0.29, 0.717) is 12.1 Å². The monoisotopic (exact) mass is 346 g/mol. The molecule has 0 bridgehead atoms. The van der Waals surface area contributed by atoms with Crippen LogP contribution in [0.4, 0.5) is 0 Å². The summed E-state index contributed by atoms with van der Waals surface area (Å²) < 4.78 is 0. The number of carboxylic acids is 1. The van der Waals surface area contributed by atoms with Gasteiger partial charge in [0.1, 0.15) is 6.04 Å². The van der Waals surface area contributed by atoms with Crippen LogP contribution < -0.4 is 5.32 Å². The Morgan fingerprint density at radius 3 is 2.44 bits per heavy atom. The molecule has 0 spiro atoms. The molecular weight excluding hydrogens is 320 g/mol. The zero-order chi connectivity index (χ0) is 18.7. The predicted octanol–water partition coefficient (Wildman–Crippen LogP) is 1.93. The van der Waals surface area contributed by atoms with Crippen molar-refractivity contribution >= 4 is 17.8 Å². The van der Waals surface area contributed by atoms with Crippen molar-refractivity contribution in [3.63, 3.8) is 0 Å². The molecule has 6 nitrogen and oxygen atoms in total. The molecule has 1 aromatic rings. The second kappa shape index (κ2) is 7.68. The molecule has 1 fully saturated rings. The van der Waals surface area contributed by atoms with Crippen LogP contribution in [0, 0.1) is 24.7 Å². The number of benzene rings is 1. The van der Waals surface area contributed by atoms with Crippen molar-refractivity contribution in [3.05, 3.63) is 35.4 Å². The van der Waals surface area contributed by atoms with Crippen LogP contribution in [0.3, 0.4) is 0 Å². The van der Waals surface area contributed by atoms with E-state index in [1.54, 1.807) is 23.1 Å². The molecule has 1 unspecified atom stereocenters. The number of hydrogen-bond acceptors (Lipinski definition) is 3. The number of amides is 2. The highest BCUT2D eigenvalue weighted by molar-refractivity contribution is 5.97. The number of likely N-dealkylation sites (tertiary alicyclic amines) is 1. The minimum atomic E-state index is -0.882. The lowest BCUT2D eigenvalue weighted by Gasteiger charge is -2.27. The van der Waals surface area contributed by atoms with Gasteiger partial charge in [0.05, 0.1) is 5.92 Å². The van der Waals surface area contributed by atoms with Crippen molar-refractivity contribution in [3.8, 4) is 0 Å². The van der Waals surface area contributed by atoms with E-state index >= 15 is 0 Å². The van der Waals surface area contributed by atoms with E-state index in [9.17, 15) is 19.5 Å². The van der Waals surface area contributed by atoms with Crippen LogP contribution in [0.5, 0.6) is 0 Å². The fourth-order valence-corrected chi connectivity index (χ4v) is 3.19. The van der Waals surface area contributed by atoms with Crippen LogP contribution in [0.1, 0.15) is 36.7 Å². The van der Waals surface area contributed by atoms with Gasteiger partial charge in [-0.1, -0.05) is 38.5 Å². The Bertz CT molecular complexity index is 671. The number of rotatable bonds is 5. The molecule has 0 aliphatic carbocycles. The lowest BCUT2D eigenvalue weighted by atomic mass is 9.99. The molecule has 2 amide bonds. The van der Waals surface area contributed by atoms with Crippen molar-refractivity contribution in [1.82, 2.24) is 10.2 Å². The highest BCUT2D eigenvalue weighted by Crippen LogP contribution is 2.24. The summed E-state index contributed by atoms with van der Waals surface area (Å²) >= 11 is 0. The van der Waals surface area contributed by atoms with Gasteiger partial charge in [0.2, 0.25) is 5.91 Å². The standard InChI is InChI=1S/C19H26N2O4/c1-11(2)16(20-17(22)14-7-5-6-12(3)8-14)18(23)21-9-13(4)15(10-21)19(24)25/h5-8,11,13,15-16H,9-10H2,1-4H3,(H,20,22)(H,24,25)/t13-,15-,16?/m1/s1. The van der Waals surface area contributed by atoms with E-state index < -0.39 is 17.9 Å². The van der Waals surface area contributed by atoms with E-state index in [0.717, 1.165) is 5.56 Å². The summed E-state index contributed by atoms with van der Waals surface area (Å²) in [6, 6.07) is 6.51. The number of carbonyl (C=O) groups is 3. The first kappa shape index (κ1) is 19.0. The maximum absolute atomic E-state index is 12.9. The maximum Gasteiger partial charge on any atom is 0.308 e. The van der Waals surface area contributed by atoms with E-state index in [-0.39, 0.29) is 30.2 Å². The fourth-order valence-electron chi connectivity index (χ4n) is 3.19. The van der Waals surface area contributed by atoms with E-state index in [1.807, 2.05) is 33.8 Å². The normalized spacial score (nSPS) is 21.2. The van der Waals surface area contributed by atoms with E-state index in [4.69, 9.17) is 0 Å². The molecule has 136 valence electrons. The third-order valence-electron chi connectivity index (χ3n) is 4.74. The molecule has 1 aromatic carbocycles. The van der Waals surface area contributed by atoms with Crippen LogP contribution in [0.25, 0.3) is 0 Å². The molecule has 1 aliphatic rings. The SMILES string of the molecule is Cc1cccc(C(=O)NC(C(=O)N2C[C@@H](C)[C@H](C(=O)O)C2)C(C)C)c1. The van der Waals surface area contributed by atoms with Crippen LogP contribution >= 0.6 is 0 Å². The van der Waals surface area contributed by atoms with Gasteiger partial charge >= 0.3 is 5.97 Å². The van der Waals surface area contributed by atoms with Crippen molar-refractivity contribution < 1.29 is 19.5 Å². The van der Waals surface area contributed by atoms with Crippen molar-refractivity contribution in [2.45, 2.75) is 33.7 Å². The Kier molecular flexibility index (Phi) is 5.82. The maximum atomic E-state index is 12.9. The van der Waals surface area contributed by atoms with E-state index in [1.165, 1.54) is 0 Å². The molecule has 1 aliphatic heterocycles. The van der Waals surface area contributed by atoms with Gasteiger partial charge in [-0.25, -0.2) is 0 Å². The largest absolute Gasteiger partial charge is 0.481 e. The van der Waals surface area contributed by atoms with Gasteiger partial charge in [-0.3, -0.25) is 14.4 Å². The number of carbonyl (C=O) groups excluding carboxylic acids is 2. The molecule has 1 heterocycles. The summed E-state index contributed by atoms with van der Waals surface area (Å²) in [6.45, 7) is 8.07. The highest BCUT2D eigenvalue weighted by atomic mass is 16.4. The summed E-state index contributed by atoms with van der Waals surface area (Å²) in [5, 5.41) is 12.1. The number of nitrogens with one attached hydrogen (secondary N) is 1. The van der Waals surface area contributed by atoms with Crippen LogP contribution in [0.15, 0.2) is 24.3 Å². The molecule has 0 saturated carbocycles. The van der Waals surface area contributed by atoms with Gasteiger partial charge in [-0.15, -0.1) is 0 Å². The van der Waals surface area contributed by atoms with Gasteiger partial charge in [0.15, 0.2) is 0 Å². The lowest BCUT2D eigenvalue weighted by molar-refractivity contribution is -0.142. The molecular formula is C19H26N2O4. The zero-order valence-corrected chi connectivity index (χ0v) is 15.2. The first-order chi connectivity index (χ1) is 11.7. The van der Waals surface area contributed by atoms with Crippen molar-refractivity contribution in [2.75, 3.05) is 13.1 Å². The molecule has 1 saturated heterocycles. The fraction of sp³-hybridized carbons (Fsp3) is 0.526. The van der Waals surface area contributed by atoms with Crippen molar-refractivity contribution in [2.24, 2.45) is 17.8 Å². The minimum Gasteiger partial charge on any atom is -0.481 e. The van der Waals surface area contributed by atoms with E-state index in [2.05, 4.69) is 5.32 Å². The number of nitrogens with zero attached hydrogens (tertiary/aromatic N) is 1. The first-order valence-corrected chi connectivity index (χ1v) is 8.59. The van der Waals surface area contributed by atoms with Gasteiger partial charge in [0.25, 0.3) is 5.91 Å². The Balaban J connectivity index is 2.11. The third-order valence-corrected chi connectivity index (χ3v) is 4.74. The van der Waals surface area contributed by atoms with Crippen LogP contribution in [-0.4, -0.2) is 46.9 Å². The Labute approximate surface area is 148 Å². The predicted molar refractivity (Wildman–Crippen MR) is 94.1 cm³/mol. The molecule has 0 aromatic heterocycles. The third kappa shape index (κ3) is 4.38. The van der Waals surface area contributed by atoms with Gasteiger partial charge < -0.3 is 15.3 Å². The lowest BCUT2D eigenvalue weighted by Crippen LogP contribution is -2.50. The quantitative estimate of drug-likeness (QED) is 0.853. The average Bonchev–Trinajstić information content (AvgIpc) is 2.93. The molecule has 3 atom stereocenters. The molecule has 2 rings (SSSR count). The van der Waals surface area contributed by atoms with Crippen LogP contribution in [0.2, 0.25) is 0 Å². The second-order valence-electron chi connectivity index (χ2n) is 7.23. The van der Waals surface area contributed by atoms with Crippen molar-refractivity contribution in [1.29, 1.82) is 0 Å². The molecule has 25 heavy (non-hydrogen) atoms. The molecule has 0 radical (unpaired) electrons. The average molecular weight is 346 g/mol. The van der Waals surface area contributed by atoms with Gasteiger partial charge in [-0.2, -0.15) is 0 Å². The second-order valence-corrected chi connectivity index (χ2v) is 7.23. The topological polar surface area (TPSA) is 86.7 Å². The Morgan fingerprint density at radius 2 is 1.92 bits per heavy atom. The Morgan fingerprint density at radius 1 is 1.24 bits per heavy atom. The number of aryl methyl sites for hydroxylation is 1. The zero-order valence-electron chi connectivity index (χ0n) is 15.2. The van der Waals surface area contributed by atoms with Gasteiger partial charge in [0, 0.05) is 18.7 Å². The number of aliphatic carboxylic acids is 1. The number of hydrogen-bond donors (Lipinski definition) is 2. The summed E-state index contributed by atoms with van der Waals surface area (Å²) in [4.78, 5) is 38.2. The number of carboxylic acid groups (broad SMARTS) is 1. The summed E-state index contributed by atoms with van der Waals surface area (Å²) in [5.74, 6) is -2.14. The van der Waals surface area contributed by atoms with Crippen LogP contribution in [-0.2, 0) is 9.59 Å².